The van der Waals surface area contributed by atoms with Crippen LogP contribution < -0.4 is 5.32 Å². The van der Waals surface area contributed by atoms with Crippen LogP contribution in [0.4, 0.5) is 0 Å². The predicted molar refractivity (Wildman–Crippen MR) is 56.6 cm³/mol. The summed E-state index contributed by atoms with van der Waals surface area (Å²) in [6.07, 6.45) is 0.498. The lowest BCUT2D eigenvalue weighted by Gasteiger charge is -2.08. The summed E-state index contributed by atoms with van der Waals surface area (Å²) in [7, 11) is -2.94. The van der Waals surface area contributed by atoms with Crippen molar-refractivity contribution in [2.24, 2.45) is 0 Å². The van der Waals surface area contributed by atoms with Gasteiger partial charge in [-0.15, -0.1) is 11.3 Å². The maximum absolute atomic E-state index is 11.5. The molecule has 0 radical (unpaired) electrons. The molecule has 1 atom stereocenters. The van der Waals surface area contributed by atoms with Crippen molar-refractivity contribution in [3.63, 3.8) is 0 Å². The van der Waals surface area contributed by atoms with E-state index in [0.717, 1.165) is 0 Å². The third-order valence-electron chi connectivity index (χ3n) is 2.23. The number of nitrogens with one attached hydrogen (secondary N) is 1. The third-order valence-corrected chi connectivity index (χ3v) is 4.59. The van der Waals surface area contributed by atoms with Crippen molar-refractivity contribution in [2.75, 3.05) is 11.5 Å². The van der Waals surface area contributed by atoms with Crippen molar-refractivity contribution in [1.29, 1.82) is 0 Å². The Kier molecular flexibility index (Phi) is 2.74. The van der Waals surface area contributed by atoms with Gasteiger partial charge in [0, 0.05) is 11.4 Å². The number of carbonyl (C=O) groups excluding carboxylic acids is 1. The van der Waals surface area contributed by atoms with E-state index in [-0.39, 0.29) is 23.5 Å². The highest BCUT2D eigenvalue weighted by Gasteiger charge is 2.29. The summed E-state index contributed by atoms with van der Waals surface area (Å²) in [5.41, 5.74) is 1.92. The number of rotatable bonds is 2. The molecule has 2 heterocycles. The molecule has 1 amide bonds. The maximum Gasteiger partial charge on any atom is 0.270 e. The fraction of sp³-hybridized carbons (Fsp3) is 0.500. The summed E-state index contributed by atoms with van der Waals surface area (Å²) in [6.45, 7) is 0. The number of thiazole rings is 1. The molecule has 0 aliphatic carbocycles. The maximum atomic E-state index is 11.5. The third kappa shape index (κ3) is 2.54. The van der Waals surface area contributed by atoms with Crippen molar-refractivity contribution in [3.8, 4) is 0 Å². The zero-order valence-electron chi connectivity index (χ0n) is 7.84. The van der Waals surface area contributed by atoms with Gasteiger partial charge < -0.3 is 5.32 Å². The van der Waals surface area contributed by atoms with Crippen LogP contribution in [0, 0.1) is 0 Å². The van der Waals surface area contributed by atoms with Gasteiger partial charge in [-0.2, -0.15) is 0 Å². The Bertz CT molecular complexity index is 452. The van der Waals surface area contributed by atoms with Crippen molar-refractivity contribution in [3.05, 3.63) is 16.6 Å². The second-order valence-corrected chi connectivity index (χ2v) is 6.39. The standard InChI is InChI=1S/C8H10N2O3S2/c11-8(7-3-14-5-9-7)10-6-1-2-15(12,13)4-6/h3,5-6H,1-2,4H2,(H,10,11). The van der Waals surface area contributed by atoms with E-state index >= 15 is 0 Å². The van der Waals surface area contributed by atoms with Gasteiger partial charge in [0.1, 0.15) is 5.69 Å². The number of amides is 1. The molecule has 5 nitrogen and oxygen atoms in total. The van der Waals surface area contributed by atoms with Crippen LogP contribution in [0.1, 0.15) is 16.9 Å². The molecule has 1 saturated heterocycles. The molecule has 1 aromatic rings. The van der Waals surface area contributed by atoms with E-state index in [2.05, 4.69) is 10.3 Å². The van der Waals surface area contributed by atoms with Crippen LogP contribution >= 0.6 is 11.3 Å². The lowest BCUT2D eigenvalue weighted by molar-refractivity contribution is 0.0937. The van der Waals surface area contributed by atoms with Gasteiger partial charge in [0.15, 0.2) is 9.84 Å². The Morgan fingerprint density at radius 2 is 2.40 bits per heavy atom. The first kappa shape index (κ1) is 10.6. The van der Waals surface area contributed by atoms with Crippen molar-refractivity contribution in [1.82, 2.24) is 10.3 Å². The molecule has 1 aromatic heterocycles. The summed E-state index contributed by atoms with van der Waals surface area (Å²) < 4.78 is 22.3. The van der Waals surface area contributed by atoms with Crippen LogP contribution in [0.15, 0.2) is 10.9 Å². The van der Waals surface area contributed by atoms with E-state index in [1.807, 2.05) is 0 Å². The molecule has 0 bridgehead atoms. The summed E-state index contributed by atoms with van der Waals surface area (Å²) >= 11 is 1.34. The first-order valence-electron chi connectivity index (χ1n) is 4.46. The Hall–Kier alpha value is -0.950. The van der Waals surface area contributed by atoms with E-state index < -0.39 is 9.84 Å². The zero-order chi connectivity index (χ0) is 10.9. The van der Waals surface area contributed by atoms with Gasteiger partial charge in [-0.25, -0.2) is 13.4 Å². The molecule has 2 rings (SSSR count). The quantitative estimate of drug-likeness (QED) is 0.800. The highest BCUT2D eigenvalue weighted by molar-refractivity contribution is 7.91. The summed E-state index contributed by atoms with van der Waals surface area (Å²) in [5, 5.41) is 4.30. The second-order valence-electron chi connectivity index (χ2n) is 3.45. The summed E-state index contributed by atoms with van der Waals surface area (Å²) in [5.74, 6) is -0.0870. The van der Waals surface area contributed by atoms with Gasteiger partial charge in [0.05, 0.1) is 17.0 Å². The molecule has 1 fully saturated rings. The molecule has 82 valence electrons. The van der Waals surface area contributed by atoms with E-state index in [4.69, 9.17) is 0 Å². The molecule has 1 aliphatic rings. The van der Waals surface area contributed by atoms with Crippen molar-refractivity contribution >= 4 is 27.1 Å². The molecule has 0 aromatic carbocycles. The molecule has 15 heavy (non-hydrogen) atoms. The lowest BCUT2D eigenvalue weighted by Crippen LogP contribution is -2.35. The van der Waals surface area contributed by atoms with Gasteiger partial charge in [-0.3, -0.25) is 4.79 Å². The Balaban J connectivity index is 1.97. The van der Waals surface area contributed by atoms with Crippen LogP contribution in [0.5, 0.6) is 0 Å². The van der Waals surface area contributed by atoms with Crippen LogP contribution in [-0.4, -0.2) is 36.9 Å². The van der Waals surface area contributed by atoms with Gasteiger partial charge in [-0.1, -0.05) is 0 Å². The smallest absolute Gasteiger partial charge is 0.270 e. The molecular formula is C8H10N2O3S2. The Morgan fingerprint density at radius 3 is 2.93 bits per heavy atom. The number of carbonyl (C=O) groups is 1. The van der Waals surface area contributed by atoms with Gasteiger partial charge in [-0.05, 0) is 6.42 Å². The normalized spacial score (nSPS) is 23.9. The van der Waals surface area contributed by atoms with E-state index in [9.17, 15) is 13.2 Å². The predicted octanol–water partition coefficient (Wildman–Crippen LogP) is 0.0600. The van der Waals surface area contributed by atoms with Crippen molar-refractivity contribution in [2.45, 2.75) is 12.5 Å². The summed E-state index contributed by atoms with van der Waals surface area (Å²) in [4.78, 5) is 15.4. The van der Waals surface area contributed by atoms with Crippen molar-refractivity contribution < 1.29 is 13.2 Å². The molecule has 0 saturated carbocycles. The van der Waals surface area contributed by atoms with E-state index in [0.29, 0.717) is 12.1 Å². The lowest BCUT2D eigenvalue weighted by atomic mass is 10.2. The van der Waals surface area contributed by atoms with Gasteiger partial charge in [0.25, 0.3) is 5.91 Å². The topological polar surface area (TPSA) is 76.1 Å². The van der Waals surface area contributed by atoms with Gasteiger partial charge >= 0.3 is 0 Å². The fourth-order valence-corrected chi connectivity index (χ4v) is 3.70. The van der Waals surface area contributed by atoms with Gasteiger partial charge in [0.2, 0.25) is 0 Å². The molecular weight excluding hydrogens is 236 g/mol. The highest BCUT2D eigenvalue weighted by Crippen LogP contribution is 2.12. The zero-order valence-corrected chi connectivity index (χ0v) is 9.47. The Labute approximate surface area is 91.4 Å². The van der Waals surface area contributed by atoms with Crippen LogP contribution in [-0.2, 0) is 9.84 Å². The minimum atomic E-state index is -2.94. The molecule has 1 aliphatic heterocycles. The number of hydrogen-bond acceptors (Lipinski definition) is 5. The Morgan fingerprint density at radius 1 is 1.60 bits per heavy atom. The average molecular weight is 246 g/mol. The molecule has 7 heteroatoms. The highest BCUT2D eigenvalue weighted by atomic mass is 32.2. The van der Waals surface area contributed by atoms with Crippen LogP contribution in [0.2, 0.25) is 0 Å². The van der Waals surface area contributed by atoms with E-state index in [1.165, 1.54) is 11.3 Å². The molecule has 1 N–H and O–H groups in total. The fourth-order valence-electron chi connectivity index (χ4n) is 1.49. The first-order valence-corrected chi connectivity index (χ1v) is 7.23. The number of sulfone groups is 1. The van der Waals surface area contributed by atoms with Crippen LogP contribution in [0.25, 0.3) is 0 Å². The molecule has 0 spiro atoms. The SMILES string of the molecule is O=C(NC1CCS(=O)(=O)C1)c1cscn1. The number of nitrogens with zero attached hydrogens (tertiary/aromatic N) is 1. The first-order chi connectivity index (χ1) is 7.07. The largest absolute Gasteiger partial charge is 0.347 e. The minimum Gasteiger partial charge on any atom is -0.347 e. The number of aromatic nitrogens is 1. The van der Waals surface area contributed by atoms with E-state index in [1.54, 1.807) is 10.9 Å². The second kappa shape index (κ2) is 3.90. The minimum absolute atomic E-state index is 0.0445. The van der Waals surface area contributed by atoms with Crippen LogP contribution in [0.3, 0.4) is 0 Å². The monoisotopic (exact) mass is 246 g/mol. The summed E-state index contributed by atoms with van der Waals surface area (Å²) in [6, 6.07) is -0.260. The molecule has 1 unspecified atom stereocenters. The average Bonchev–Trinajstić information content (AvgIpc) is 2.74. The number of hydrogen-bond donors (Lipinski definition) is 1.